The van der Waals surface area contributed by atoms with E-state index in [0.717, 1.165) is 4.47 Å². The van der Waals surface area contributed by atoms with E-state index < -0.39 is 10.0 Å². The van der Waals surface area contributed by atoms with E-state index in [9.17, 15) is 8.42 Å². The van der Waals surface area contributed by atoms with Gasteiger partial charge in [0.05, 0.1) is 18.9 Å². The first-order valence-electron chi connectivity index (χ1n) is 5.20. The number of nitrogens with one attached hydrogen (secondary N) is 1. The monoisotopic (exact) mass is 334 g/mol. The summed E-state index contributed by atoms with van der Waals surface area (Å²) in [7, 11) is -3.60. The lowest BCUT2D eigenvalue weighted by atomic mass is 10.3. The van der Waals surface area contributed by atoms with Gasteiger partial charge in [-0.3, -0.25) is 0 Å². The van der Waals surface area contributed by atoms with Gasteiger partial charge >= 0.3 is 0 Å². The number of sulfonamides is 1. The average Bonchev–Trinajstić information content (AvgIpc) is 2.28. The second-order valence-electron chi connectivity index (χ2n) is 3.44. The summed E-state index contributed by atoms with van der Waals surface area (Å²) < 4.78 is 32.1. The van der Waals surface area contributed by atoms with Crippen LogP contribution < -0.4 is 10.5 Å². The van der Waals surface area contributed by atoms with Gasteiger partial charge in [-0.2, -0.15) is 0 Å². The van der Waals surface area contributed by atoms with Gasteiger partial charge in [0.15, 0.2) is 0 Å². The zero-order valence-corrected chi connectivity index (χ0v) is 12.1. The van der Waals surface area contributed by atoms with Crippen LogP contribution in [0.3, 0.4) is 0 Å². The van der Waals surface area contributed by atoms with Crippen molar-refractivity contribution in [1.29, 1.82) is 0 Å². The fraction of sp³-hybridized carbons (Fsp3) is 0.273. The lowest BCUT2D eigenvalue weighted by Crippen LogP contribution is -2.28. The third kappa shape index (κ3) is 4.41. The van der Waals surface area contributed by atoms with Crippen molar-refractivity contribution < 1.29 is 13.2 Å². The van der Waals surface area contributed by atoms with Gasteiger partial charge in [-0.25, -0.2) is 13.1 Å². The molecule has 0 aromatic heterocycles. The van der Waals surface area contributed by atoms with Crippen LogP contribution in [0.4, 0.5) is 5.69 Å². The Labute approximate surface area is 115 Å². The van der Waals surface area contributed by atoms with Crippen molar-refractivity contribution >= 4 is 31.6 Å². The van der Waals surface area contributed by atoms with Gasteiger partial charge in [-0.15, -0.1) is 6.58 Å². The Hall–Kier alpha value is -0.890. The molecule has 1 aromatic carbocycles. The second-order valence-corrected chi connectivity index (χ2v) is 6.09. The zero-order valence-electron chi connectivity index (χ0n) is 9.73. The molecule has 0 fully saturated rings. The topological polar surface area (TPSA) is 81.4 Å². The number of rotatable bonds is 7. The van der Waals surface area contributed by atoms with Crippen LogP contribution in [-0.4, -0.2) is 28.2 Å². The molecule has 100 valence electrons. The summed E-state index contributed by atoms with van der Waals surface area (Å²) in [6, 6.07) is 4.62. The van der Waals surface area contributed by atoms with Crippen molar-refractivity contribution in [1.82, 2.24) is 4.72 Å². The number of hydrogen-bond acceptors (Lipinski definition) is 4. The fourth-order valence-corrected chi connectivity index (χ4v) is 2.76. The molecule has 1 rings (SSSR count). The Kier molecular flexibility index (Phi) is 5.80. The van der Waals surface area contributed by atoms with Crippen LogP contribution in [0.1, 0.15) is 0 Å². The van der Waals surface area contributed by atoms with E-state index in [1.807, 2.05) is 0 Å². The van der Waals surface area contributed by atoms with Crippen LogP contribution in [0, 0.1) is 0 Å². The molecule has 1 aromatic rings. The lowest BCUT2D eigenvalue weighted by molar-refractivity contribution is 0.168. The largest absolute Gasteiger partial charge is 0.398 e. The van der Waals surface area contributed by atoms with E-state index in [2.05, 4.69) is 27.2 Å². The van der Waals surface area contributed by atoms with E-state index in [4.69, 9.17) is 10.5 Å². The lowest BCUT2D eigenvalue weighted by Gasteiger charge is -2.09. The van der Waals surface area contributed by atoms with E-state index in [1.54, 1.807) is 18.2 Å². The molecule has 0 saturated heterocycles. The summed E-state index contributed by atoms with van der Waals surface area (Å²) in [6.07, 6.45) is 1.60. The van der Waals surface area contributed by atoms with E-state index in [1.165, 1.54) is 6.07 Å². The molecule has 0 saturated carbocycles. The second kappa shape index (κ2) is 6.89. The van der Waals surface area contributed by atoms with E-state index in [0.29, 0.717) is 6.61 Å². The molecule has 18 heavy (non-hydrogen) atoms. The van der Waals surface area contributed by atoms with Gasteiger partial charge in [-0.05, 0) is 18.2 Å². The maximum Gasteiger partial charge on any atom is 0.242 e. The Morgan fingerprint density at radius 2 is 2.22 bits per heavy atom. The highest BCUT2D eigenvalue weighted by atomic mass is 79.9. The minimum atomic E-state index is -3.60. The highest BCUT2D eigenvalue weighted by Gasteiger charge is 2.16. The van der Waals surface area contributed by atoms with Crippen molar-refractivity contribution in [3.05, 3.63) is 35.3 Å². The Balaban J connectivity index is 2.65. The minimum Gasteiger partial charge on any atom is -0.398 e. The number of nitrogens with two attached hydrogens (primary N) is 1. The van der Waals surface area contributed by atoms with Crippen molar-refractivity contribution in [2.24, 2.45) is 0 Å². The standard InChI is InChI=1S/C11H15BrN2O3S/c1-2-6-17-7-5-14-18(15,16)11-4-3-9(12)8-10(11)13/h2-4,8,14H,1,5-7,13H2. The number of ether oxygens (including phenoxy) is 1. The Bertz CT molecular complexity index is 517. The van der Waals surface area contributed by atoms with Gasteiger partial charge in [0, 0.05) is 11.0 Å². The summed E-state index contributed by atoms with van der Waals surface area (Å²) >= 11 is 3.22. The molecule has 0 spiro atoms. The summed E-state index contributed by atoms with van der Waals surface area (Å²) in [5.41, 5.74) is 5.86. The quantitative estimate of drug-likeness (QED) is 0.450. The first kappa shape index (κ1) is 15.2. The first-order chi connectivity index (χ1) is 8.47. The maximum absolute atomic E-state index is 11.9. The van der Waals surface area contributed by atoms with Crippen molar-refractivity contribution in [3.8, 4) is 0 Å². The third-order valence-corrected chi connectivity index (χ3v) is 4.06. The maximum atomic E-state index is 11.9. The predicted molar refractivity (Wildman–Crippen MR) is 74.8 cm³/mol. The van der Waals surface area contributed by atoms with Crippen LogP contribution in [-0.2, 0) is 14.8 Å². The molecular weight excluding hydrogens is 320 g/mol. The molecule has 3 N–H and O–H groups in total. The molecular formula is C11H15BrN2O3S. The number of anilines is 1. The summed E-state index contributed by atoms with van der Waals surface area (Å²) in [6.45, 7) is 4.35. The van der Waals surface area contributed by atoms with E-state index in [-0.39, 0.29) is 23.7 Å². The number of halogens is 1. The molecule has 0 radical (unpaired) electrons. The molecule has 0 aliphatic heterocycles. The molecule has 0 bridgehead atoms. The highest BCUT2D eigenvalue weighted by Crippen LogP contribution is 2.22. The van der Waals surface area contributed by atoms with Crippen LogP contribution in [0.2, 0.25) is 0 Å². The molecule has 5 nitrogen and oxygen atoms in total. The highest BCUT2D eigenvalue weighted by molar-refractivity contribution is 9.10. The van der Waals surface area contributed by atoms with Crippen LogP contribution in [0.15, 0.2) is 40.2 Å². The number of nitrogen functional groups attached to an aromatic ring is 1. The summed E-state index contributed by atoms with van der Waals surface area (Å²) in [4.78, 5) is 0.0643. The van der Waals surface area contributed by atoms with Gasteiger partial charge in [0.25, 0.3) is 0 Å². The Morgan fingerprint density at radius 1 is 1.50 bits per heavy atom. The van der Waals surface area contributed by atoms with Crippen LogP contribution in [0.5, 0.6) is 0 Å². The molecule has 0 aliphatic rings. The van der Waals surface area contributed by atoms with Gasteiger partial charge < -0.3 is 10.5 Å². The Morgan fingerprint density at radius 3 is 2.83 bits per heavy atom. The summed E-state index contributed by atoms with van der Waals surface area (Å²) in [5.74, 6) is 0. The normalized spacial score (nSPS) is 11.4. The minimum absolute atomic E-state index is 0.0643. The first-order valence-corrected chi connectivity index (χ1v) is 7.48. The molecule has 7 heteroatoms. The smallest absolute Gasteiger partial charge is 0.242 e. The van der Waals surface area contributed by atoms with E-state index >= 15 is 0 Å². The average molecular weight is 335 g/mol. The van der Waals surface area contributed by atoms with Crippen molar-refractivity contribution in [2.75, 3.05) is 25.5 Å². The number of benzene rings is 1. The molecule has 0 unspecified atom stereocenters. The van der Waals surface area contributed by atoms with Gasteiger partial charge in [0.2, 0.25) is 10.0 Å². The van der Waals surface area contributed by atoms with Crippen LogP contribution in [0.25, 0.3) is 0 Å². The van der Waals surface area contributed by atoms with Crippen molar-refractivity contribution in [2.45, 2.75) is 4.90 Å². The van der Waals surface area contributed by atoms with Gasteiger partial charge in [-0.1, -0.05) is 22.0 Å². The predicted octanol–water partition coefficient (Wildman–Crippen LogP) is 1.51. The zero-order chi connectivity index (χ0) is 13.6. The van der Waals surface area contributed by atoms with Crippen LogP contribution >= 0.6 is 15.9 Å². The third-order valence-electron chi connectivity index (χ3n) is 2.04. The number of hydrogen-bond donors (Lipinski definition) is 2. The molecule has 0 heterocycles. The molecule has 0 aliphatic carbocycles. The molecule has 0 atom stereocenters. The fourth-order valence-electron chi connectivity index (χ4n) is 1.26. The molecule has 0 amide bonds. The SMILES string of the molecule is C=CCOCCNS(=O)(=O)c1ccc(Br)cc1N. The summed E-state index contributed by atoms with van der Waals surface area (Å²) in [5, 5.41) is 0. The van der Waals surface area contributed by atoms with Gasteiger partial charge in [0.1, 0.15) is 4.90 Å². The van der Waals surface area contributed by atoms with Crippen molar-refractivity contribution in [3.63, 3.8) is 0 Å².